The molecule has 0 aliphatic carbocycles. The van der Waals surface area contributed by atoms with Crippen LogP contribution >= 0.6 is 27.5 Å². The van der Waals surface area contributed by atoms with Crippen LogP contribution in [0, 0.1) is 0 Å². The number of aromatic nitrogens is 1. The van der Waals surface area contributed by atoms with Crippen LogP contribution in [0.4, 0.5) is 5.82 Å². The van der Waals surface area contributed by atoms with E-state index in [0.717, 1.165) is 10.0 Å². The van der Waals surface area contributed by atoms with Crippen molar-refractivity contribution in [2.45, 2.75) is 13.2 Å². The first kappa shape index (κ1) is 14.3. The van der Waals surface area contributed by atoms with Gasteiger partial charge in [-0.2, -0.15) is 0 Å². The van der Waals surface area contributed by atoms with E-state index in [9.17, 15) is 0 Å². The third kappa shape index (κ3) is 3.47. The van der Waals surface area contributed by atoms with Crippen molar-refractivity contribution in [3.8, 4) is 0 Å². The average molecular weight is 342 g/mol. The summed E-state index contributed by atoms with van der Waals surface area (Å²) in [6.07, 6.45) is 1.64. The Morgan fingerprint density at radius 1 is 1.37 bits per heavy atom. The van der Waals surface area contributed by atoms with E-state index in [4.69, 9.17) is 16.7 Å². The Morgan fingerprint density at radius 2 is 2.11 bits per heavy atom. The molecule has 2 aromatic rings. The summed E-state index contributed by atoms with van der Waals surface area (Å²) in [5.74, 6) is 0.703. The number of rotatable bonds is 4. The lowest BCUT2D eigenvalue weighted by Gasteiger charge is -2.20. The first-order valence-electron chi connectivity index (χ1n) is 5.81. The molecule has 2 rings (SSSR count). The molecule has 0 fully saturated rings. The van der Waals surface area contributed by atoms with Gasteiger partial charge < -0.3 is 10.0 Å². The Morgan fingerprint density at radius 3 is 2.74 bits per heavy atom. The summed E-state index contributed by atoms with van der Waals surface area (Å²) in [5, 5.41) is 9.59. The lowest BCUT2D eigenvalue weighted by molar-refractivity contribution is 0.281. The zero-order valence-corrected chi connectivity index (χ0v) is 12.8. The van der Waals surface area contributed by atoms with Gasteiger partial charge in [-0.15, -0.1) is 0 Å². The molecule has 0 saturated carbocycles. The van der Waals surface area contributed by atoms with Crippen LogP contribution in [0.1, 0.15) is 11.1 Å². The summed E-state index contributed by atoms with van der Waals surface area (Å²) in [5.41, 5.74) is 1.87. The minimum atomic E-state index is -0.0546. The highest BCUT2D eigenvalue weighted by atomic mass is 79.9. The quantitative estimate of drug-likeness (QED) is 0.922. The summed E-state index contributed by atoms with van der Waals surface area (Å²) in [6, 6.07) is 9.77. The highest BCUT2D eigenvalue weighted by Gasteiger charge is 2.10. The molecular formula is C14H14BrClN2O. The van der Waals surface area contributed by atoms with Gasteiger partial charge in [0.25, 0.3) is 0 Å². The first-order valence-corrected chi connectivity index (χ1v) is 6.98. The molecular weight excluding hydrogens is 328 g/mol. The predicted molar refractivity (Wildman–Crippen MR) is 81.4 cm³/mol. The van der Waals surface area contributed by atoms with Crippen molar-refractivity contribution in [2.75, 3.05) is 11.9 Å². The molecule has 3 nitrogen and oxygen atoms in total. The minimum Gasteiger partial charge on any atom is -0.392 e. The molecule has 1 N–H and O–H groups in total. The predicted octanol–water partition coefficient (Wildman–Crippen LogP) is 3.63. The third-order valence-corrected chi connectivity index (χ3v) is 3.84. The third-order valence-electron chi connectivity index (χ3n) is 2.79. The maximum atomic E-state index is 9.04. The van der Waals surface area contributed by atoms with Crippen molar-refractivity contribution in [2.24, 2.45) is 0 Å². The van der Waals surface area contributed by atoms with Crippen LogP contribution in [0.25, 0.3) is 0 Å². The van der Waals surface area contributed by atoms with Gasteiger partial charge in [-0.3, -0.25) is 0 Å². The van der Waals surface area contributed by atoms with E-state index in [-0.39, 0.29) is 6.61 Å². The molecule has 0 amide bonds. The summed E-state index contributed by atoms with van der Waals surface area (Å²) >= 11 is 9.71. The second kappa shape index (κ2) is 6.37. The number of anilines is 1. The number of pyridine rings is 1. The van der Waals surface area contributed by atoms with Crippen molar-refractivity contribution in [3.63, 3.8) is 0 Å². The van der Waals surface area contributed by atoms with Gasteiger partial charge >= 0.3 is 0 Å². The average Bonchev–Trinajstić information content (AvgIpc) is 2.41. The van der Waals surface area contributed by atoms with Crippen LogP contribution < -0.4 is 4.90 Å². The number of aliphatic hydroxyl groups is 1. The van der Waals surface area contributed by atoms with Gasteiger partial charge in [-0.25, -0.2) is 4.98 Å². The molecule has 5 heteroatoms. The number of hydrogen-bond acceptors (Lipinski definition) is 3. The minimum absolute atomic E-state index is 0.0546. The molecule has 1 aromatic carbocycles. The molecule has 0 radical (unpaired) electrons. The Kier molecular flexibility index (Phi) is 4.80. The second-order valence-electron chi connectivity index (χ2n) is 4.25. The number of hydrogen-bond donors (Lipinski definition) is 1. The van der Waals surface area contributed by atoms with Gasteiger partial charge in [0.1, 0.15) is 5.82 Å². The maximum absolute atomic E-state index is 9.04. The van der Waals surface area contributed by atoms with E-state index in [2.05, 4.69) is 27.0 Å². The van der Waals surface area contributed by atoms with Crippen LogP contribution in [0.15, 0.2) is 41.0 Å². The molecule has 0 bridgehead atoms. The summed E-state index contributed by atoms with van der Waals surface area (Å²) in [6.45, 7) is 0.646. The molecule has 0 unspecified atom stereocenters. The number of benzene rings is 1. The van der Waals surface area contributed by atoms with E-state index >= 15 is 0 Å². The number of aliphatic hydroxyl groups excluding tert-OH is 1. The molecule has 0 aliphatic heterocycles. The zero-order chi connectivity index (χ0) is 13.8. The summed E-state index contributed by atoms with van der Waals surface area (Å²) in [7, 11) is 1.94. The molecule has 1 heterocycles. The van der Waals surface area contributed by atoms with Gasteiger partial charge in [0, 0.05) is 24.3 Å². The highest BCUT2D eigenvalue weighted by Crippen LogP contribution is 2.26. The number of halogens is 2. The van der Waals surface area contributed by atoms with Crippen LogP contribution in [0.5, 0.6) is 0 Å². The van der Waals surface area contributed by atoms with Gasteiger partial charge in [0.05, 0.1) is 11.6 Å². The van der Waals surface area contributed by atoms with Crippen LogP contribution in [-0.2, 0) is 13.2 Å². The van der Waals surface area contributed by atoms with E-state index in [1.807, 2.05) is 30.1 Å². The molecule has 19 heavy (non-hydrogen) atoms. The van der Waals surface area contributed by atoms with Gasteiger partial charge in [0.15, 0.2) is 0 Å². The SMILES string of the molecule is CN(Cc1ccccc1Br)c1ncc(CO)cc1Cl. The molecule has 1 aromatic heterocycles. The van der Waals surface area contributed by atoms with Gasteiger partial charge in [0.2, 0.25) is 0 Å². The van der Waals surface area contributed by atoms with Crippen molar-refractivity contribution < 1.29 is 5.11 Å². The Labute approximate surface area is 126 Å². The number of nitrogens with zero attached hydrogens (tertiary/aromatic N) is 2. The summed E-state index contributed by atoms with van der Waals surface area (Å²) < 4.78 is 1.06. The van der Waals surface area contributed by atoms with Gasteiger partial charge in [-0.1, -0.05) is 45.7 Å². The monoisotopic (exact) mass is 340 g/mol. The fourth-order valence-electron chi connectivity index (χ4n) is 1.79. The first-order chi connectivity index (χ1) is 9.11. The fraction of sp³-hybridized carbons (Fsp3) is 0.214. The normalized spacial score (nSPS) is 10.5. The molecule has 0 spiro atoms. The van der Waals surface area contributed by atoms with Gasteiger partial charge in [-0.05, 0) is 23.3 Å². The lowest BCUT2D eigenvalue weighted by atomic mass is 10.2. The van der Waals surface area contributed by atoms with Crippen LogP contribution in [-0.4, -0.2) is 17.1 Å². The van der Waals surface area contributed by atoms with E-state index in [1.165, 1.54) is 0 Å². The highest BCUT2D eigenvalue weighted by molar-refractivity contribution is 9.10. The standard InChI is InChI=1S/C14H14BrClN2O/c1-18(8-11-4-2-3-5-12(11)15)14-13(16)6-10(9-19)7-17-14/h2-7,19H,8-9H2,1H3. The topological polar surface area (TPSA) is 36.4 Å². The van der Waals surface area contributed by atoms with E-state index in [0.29, 0.717) is 22.9 Å². The van der Waals surface area contributed by atoms with Crippen molar-refractivity contribution in [1.82, 2.24) is 4.98 Å². The second-order valence-corrected chi connectivity index (χ2v) is 5.52. The molecule has 0 saturated heterocycles. The van der Waals surface area contributed by atoms with Crippen molar-refractivity contribution in [3.05, 3.63) is 57.2 Å². The fourth-order valence-corrected chi connectivity index (χ4v) is 2.54. The largest absolute Gasteiger partial charge is 0.392 e. The van der Waals surface area contributed by atoms with Crippen molar-refractivity contribution in [1.29, 1.82) is 0 Å². The lowest BCUT2D eigenvalue weighted by Crippen LogP contribution is -2.18. The zero-order valence-electron chi connectivity index (χ0n) is 10.5. The summed E-state index contributed by atoms with van der Waals surface area (Å²) in [4.78, 5) is 6.27. The molecule has 0 aliphatic rings. The molecule has 0 atom stereocenters. The van der Waals surface area contributed by atoms with E-state index in [1.54, 1.807) is 12.3 Å². The molecule has 100 valence electrons. The maximum Gasteiger partial charge on any atom is 0.147 e. The van der Waals surface area contributed by atoms with Crippen LogP contribution in [0.2, 0.25) is 5.02 Å². The Hall–Kier alpha value is -1.10. The van der Waals surface area contributed by atoms with E-state index < -0.39 is 0 Å². The van der Waals surface area contributed by atoms with Crippen molar-refractivity contribution >= 4 is 33.3 Å². The Bertz CT molecular complexity index is 577. The smallest absolute Gasteiger partial charge is 0.147 e. The van der Waals surface area contributed by atoms with Crippen LogP contribution in [0.3, 0.4) is 0 Å². The Balaban J connectivity index is 2.21.